The molecule has 4 aromatic rings. The second-order valence-electron chi connectivity index (χ2n) is 9.36. The van der Waals surface area contributed by atoms with Gasteiger partial charge in [0.2, 0.25) is 0 Å². The average molecular weight is 628 g/mol. The molecule has 1 N–H and O–H groups in total. The molecule has 0 bridgehead atoms. The predicted molar refractivity (Wildman–Crippen MR) is 160 cm³/mol. The van der Waals surface area contributed by atoms with Gasteiger partial charge < -0.3 is 10.1 Å². The van der Waals surface area contributed by atoms with Crippen molar-refractivity contribution in [1.82, 2.24) is 9.66 Å². The molecule has 10 heteroatoms. The molecule has 1 fully saturated rings. The van der Waals surface area contributed by atoms with Gasteiger partial charge in [0.1, 0.15) is 11.6 Å². The Morgan fingerprint density at radius 3 is 2.59 bits per heavy atom. The molecule has 1 aromatic heterocycles. The Balaban J connectivity index is 1.35. The number of rotatable bonds is 7. The Hall–Kier alpha value is -3.20. The van der Waals surface area contributed by atoms with Crippen LogP contribution in [0.2, 0.25) is 10.0 Å². The third-order valence-corrected chi connectivity index (χ3v) is 7.61. The van der Waals surface area contributed by atoms with Crippen molar-refractivity contribution >= 4 is 67.8 Å². The SMILES string of the molecule is O=C(COc1ccc(C=Nn2c(C3CCCCC3)nc3ccc(Br)cc3c2=O)cc1Cl)Nc1ccc(Cl)cc1. The molecule has 1 heterocycles. The third-order valence-electron chi connectivity index (χ3n) is 6.57. The third kappa shape index (κ3) is 6.69. The van der Waals surface area contributed by atoms with Gasteiger partial charge in [-0.05, 0) is 79.1 Å². The molecule has 0 saturated heterocycles. The number of hydrogen-bond donors (Lipinski definition) is 1. The average Bonchev–Trinajstić information content (AvgIpc) is 2.94. The van der Waals surface area contributed by atoms with Gasteiger partial charge in [-0.1, -0.05) is 58.4 Å². The van der Waals surface area contributed by atoms with Gasteiger partial charge in [-0.3, -0.25) is 9.59 Å². The first-order chi connectivity index (χ1) is 18.9. The number of carbonyl (C=O) groups excluding carboxylic acids is 1. The molecule has 0 aliphatic heterocycles. The van der Waals surface area contributed by atoms with Crippen molar-refractivity contribution in [3.05, 3.63) is 96.9 Å². The van der Waals surface area contributed by atoms with Crippen molar-refractivity contribution in [3.63, 3.8) is 0 Å². The molecule has 0 atom stereocenters. The Labute approximate surface area is 243 Å². The lowest BCUT2D eigenvalue weighted by molar-refractivity contribution is -0.118. The summed E-state index contributed by atoms with van der Waals surface area (Å²) in [5.41, 5.74) is 1.74. The minimum absolute atomic E-state index is 0.176. The molecular weight excluding hydrogens is 603 g/mol. The summed E-state index contributed by atoms with van der Waals surface area (Å²) in [5.74, 6) is 0.889. The maximum Gasteiger partial charge on any atom is 0.282 e. The molecular formula is C29H25BrCl2N4O3. The maximum atomic E-state index is 13.5. The number of fused-ring (bicyclic) bond motifs is 1. The lowest BCUT2D eigenvalue weighted by atomic mass is 9.88. The van der Waals surface area contributed by atoms with Crippen LogP contribution in [0.25, 0.3) is 10.9 Å². The Bertz CT molecular complexity index is 1600. The largest absolute Gasteiger partial charge is 0.482 e. The van der Waals surface area contributed by atoms with E-state index in [2.05, 4.69) is 26.3 Å². The molecule has 0 unspecified atom stereocenters. The minimum atomic E-state index is -0.330. The van der Waals surface area contributed by atoms with E-state index in [1.807, 2.05) is 12.1 Å². The summed E-state index contributed by atoms with van der Waals surface area (Å²) in [5, 5.41) is 8.69. The Kier molecular flexibility index (Phi) is 8.65. The number of carbonyl (C=O) groups is 1. The summed E-state index contributed by atoms with van der Waals surface area (Å²) in [6.07, 6.45) is 6.96. The highest BCUT2D eigenvalue weighted by Crippen LogP contribution is 2.32. The fraction of sp³-hybridized carbons (Fsp3) is 0.241. The molecule has 1 aliphatic carbocycles. The summed E-state index contributed by atoms with van der Waals surface area (Å²) < 4.78 is 7.83. The van der Waals surface area contributed by atoms with Gasteiger partial charge in [-0.2, -0.15) is 9.78 Å². The highest BCUT2D eigenvalue weighted by Gasteiger charge is 2.22. The second kappa shape index (κ2) is 12.3. The zero-order valence-corrected chi connectivity index (χ0v) is 24.0. The van der Waals surface area contributed by atoms with E-state index < -0.39 is 0 Å². The van der Waals surface area contributed by atoms with Crippen LogP contribution in [-0.2, 0) is 4.79 Å². The van der Waals surface area contributed by atoms with E-state index in [1.165, 1.54) is 11.1 Å². The smallest absolute Gasteiger partial charge is 0.282 e. The van der Waals surface area contributed by atoms with Gasteiger partial charge in [0.15, 0.2) is 6.61 Å². The molecule has 1 aliphatic rings. The number of ether oxygens (including phenoxy) is 1. The van der Waals surface area contributed by atoms with Gasteiger partial charge in [0.05, 0.1) is 22.1 Å². The van der Waals surface area contributed by atoms with Gasteiger partial charge >= 0.3 is 0 Å². The van der Waals surface area contributed by atoms with Crippen LogP contribution >= 0.6 is 39.1 Å². The number of hydrogen-bond acceptors (Lipinski definition) is 5. The summed E-state index contributed by atoms with van der Waals surface area (Å²) in [4.78, 5) is 30.6. The van der Waals surface area contributed by atoms with Crippen LogP contribution < -0.4 is 15.6 Å². The number of aromatic nitrogens is 2. The van der Waals surface area contributed by atoms with Gasteiger partial charge in [0.25, 0.3) is 11.5 Å². The minimum Gasteiger partial charge on any atom is -0.482 e. The van der Waals surface area contributed by atoms with Crippen molar-refractivity contribution in [1.29, 1.82) is 0 Å². The molecule has 3 aromatic carbocycles. The molecule has 5 rings (SSSR count). The van der Waals surface area contributed by atoms with Crippen LogP contribution in [0.15, 0.2) is 75.0 Å². The number of halogens is 3. The van der Waals surface area contributed by atoms with E-state index in [-0.39, 0.29) is 24.0 Å². The summed E-state index contributed by atoms with van der Waals surface area (Å²) in [7, 11) is 0. The van der Waals surface area contributed by atoms with E-state index in [4.69, 9.17) is 32.9 Å². The van der Waals surface area contributed by atoms with Crippen molar-refractivity contribution in [2.75, 3.05) is 11.9 Å². The van der Waals surface area contributed by atoms with Gasteiger partial charge in [-0.15, -0.1) is 0 Å². The first-order valence-electron chi connectivity index (χ1n) is 12.6. The summed E-state index contributed by atoms with van der Waals surface area (Å²) in [6, 6.07) is 17.4. The van der Waals surface area contributed by atoms with Gasteiger partial charge in [0, 0.05) is 21.1 Å². The maximum absolute atomic E-state index is 13.5. The quantitative estimate of drug-likeness (QED) is 0.216. The van der Waals surface area contributed by atoms with Crippen LogP contribution in [0, 0.1) is 0 Å². The number of nitrogens with one attached hydrogen (secondary N) is 1. The zero-order chi connectivity index (χ0) is 27.4. The van der Waals surface area contributed by atoms with Crippen LogP contribution in [0.4, 0.5) is 5.69 Å². The van der Waals surface area contributed by atoms with Crippen molar-refractivity contribution in [3.8, 4) is 5.75 Å². The van der Waals surface area contributed by atoms with Crippen LogP contribution in [0.5, 0.6) is 5.75 Å². The lowest BCUT2D eigenvalue weighted by Gasteiger charge is -2.22. The van der Waals surface area contributed by atoms with Crippen LogP contribution in [0.3, 0.4) is 0 Å². The topological polar surface area (TPSA) is 85.6 Å². The standard InChI is InChI=1S/C29H25BrCl2N4O3/c30-20-7-12-25-23(15-20)29(38)36(28(35-25)19-4-2-1-3-5-19)33-16-18-6-13-26(24(32)14-18)39-17-27(37)34-22-10-8-21(31)9-11-22/h6-16,19H,1-5,17H2,(H,34,37). The number of anilines is 1. The highest BCUT2D eigenvalue weighted by molar-refractivity contribution is 9.10. The van der Waals surface area contributed by atoms with Gasteiger partial charge in [-0.25, -0.2) is 4.98 Å². The van der Waals surface area contributed by atoms with E-state index in [0.29, 0.717) is 43.8 Å². The monoisotopic (exact) mass is 626 g/mol. The van der Waals surface area contributed by atoms with Crippen molar-refractivity contribution in [2.24, 2.45) is 5.10 Å². The molecule has 200 valence electrons. The molecule has 0 spiro atoms. The molecule has 7 nitrogen and oxygen atoms in total. The Morgan fingerprint density at radius 1 is 1.08 bits per heavy atom. The normalized spacial score (nSPS) is 14.1. The predicted octanol–water partition coefficient (Wildman–Crippen LogP) is 7.41. The number of amides is 1. The highest BCUT2D eigenvalue weighted by atomic mass is 79.9. The number of nitrogens with zero attached hydrogens (tertiary/aromatic N) is 3. The first kappa shape index (κ1) is 27.4. The fourth-order valence-corrected chi connectivity index (χ4v) is 5.35. The molecule has 1 saturated carbocycles. The van der Waals surface area contributed by atoms with Crippen molar-refractivity contribution < 1.29 is 9.53 Å². The Morgan fingerprint density at radius 2 is 1.85 bits per heavy atom. The van der Waals surface area contributed by atoms with Crippen LogP contribution in [0.1, 0.15) is 49.4 Å². The first-order valence-corrected chi connectivity index (χ1v) is 14.2. The summed E-state index contributed by atoms with van der Waals surface area (Å²) >= 11 is 15.8. The van der Waals surface area contributed by atoms with Crippen LogP contribution in [-0.4, -0.2) is 28.4 Å². The van der Waals surface area contributed by atoms with E-state index in [1.54, 1.807) is 54.7 Å². The molecule has 39 heavy (non-hydrogen) atoms. The molecule has 0 radical (unpaired) electrons. The number of benzene rings is 3. The van der Waals surface area contributed by atoms with Crippen molar-refractivity contribution in [2.45, 2.75) is 38.0 Å². The fourth-order valence-electron chi connectivity index (χ4n) is 4.62. The lowest BCUT2D eigenvalue weighted by Crippen LogP contribution is -2.25. The second-order valence-corrected chi connectivity index (χ2v) is 11.1. The van der Waals surface area contributed by atoms with E-state index in [9.17, 15) is 9.59 Å². The van der Waals surface area contributed by atoms with E-state index in [0.717, 1.165) is 30.2 Å². The van der Waals surface area contributed by atoms with E-state index >= 15 is 0 Å². The summed E-state index contributed by atoms with van der Waals surface area (Å²) in [6.45, 7) is -0.214. The zero-order valence-electron chi connectivity index (χ0n) is 20.9. The molecule has 1 amide bonds.